The molecular weight excluding hydrogens is 403 g/mol. The molecule has 0 radical (unpaired) electrons. The lowest BCUT2D eigenvalue weighted by atomic mass is 9.97. The van der Waals surface area contributed by atoms with E-state index in [-0.39, 0.29) is 17.7 Å². The Morgan fingerprint density at radius 2 is 1.77 bits per heavy atom. The van der Waals surface area contributed by atoms with Crippen molar-refractivity contribution in [2.45, 2.75) is 64.8 Å². The van der Waals surface area contributed by atoms with Crippen LogP contribution in [0.4, 0.5) is 19.0 Å². The molecule has 7 heteroatoms. The van der Waals surface area contributed by atoms with Crippen LogP contribution in [0, 0.1) is 13.8 Å². The van der Waals surface area contributed by atoms with Crippen LogP contribution in [0.25, 0.3) is 10.8 Å². The van der Waals surface area contributed by atoms with Crippen molar-refractivity contribution in [2.75, 3.05) is 5.32 Å². The second kappa shape index (κ2) is 8.36. The normalized spacial score (nSPS) is 15.9. The molecule has 0 spiro atoms. The summed E-state index contributed by atoms with van der Waals surface area (Å²) in [4.78, 5) is 0. The maximum absolute atomic E-state index is 13.3. The van der Waals surface area contributed by atoms with Crippen LogP contribution in [0.2, 0.25) is 0 Å². The summed E-state index contributed by atoms with van der Waals surface area (Å²) < 4.78 is 46.1. The summed E-state index contributed by atoms with van der Waals surface area (Å²) in [6.45, 7) is 5.22. The minimum atomic E-state index is -4.39. The summed E-state index contributed by atoms with van der Waals surface area (Å²) >= 11 is 0. The Labute approximate surface area is 179 Å². The minimum absolute atomic E-state index is 0.213. The van der Waals surface area contributed by atoms with Crippen LogP contribution in [-0.2, 0) is 6.18 Å². The molecular formula is C24H26F3N3O. The number of alkyl halides is 3. The SMILES string of the molecule is Cc1c([C@@H](C)Nc2nnc(C)c3ccc(OC4CCCC4)cc23)cccc1C(F)(F)F. The third-order valence-corrected chi connectivity index (χ3v) is 6.04. The quantitative estimate of drug-likeness (QED) is 0.487. The van der Waals surface area contributed by atoms with E-state index in [0.29, 0.717) is 11.4 Å². The van der Waals surface area contributed by atoms with Gasteiger partial charge in [-0.05, 0) is 81.8 Å². The first-order chi connectivity index (χ1) is 14.7. The van der Waals surface area contributed by atoms with E-state index in [0.717, 1.165) is 41.1 Å². The van der Waals surface area contributed by atoms with Crippen LogP contribution in [0.3, 0.4) is 0 Å². The van der Waals surface area contributed by atoms with Crippen LogP contribution in [0.15, 0.2) is 36.4 Å². The number of aryl methyl sites for hydroxylation is 1. The average molecular weight is 429 g/mol. The smallest absolute Gasteiger partial charge is 0.416 e. The van der Waals surface area contributed by atoms with Crippen molar-refractivity contribution >= 4 is 16.6 Å². The van der Waals surface area contributed by atoms with Gasteiger partial charge in [0, 0.05) is 10.8 Å². The Morgan fingerprint density at radius 3 is 2.48 bits per heavy atom. The third-order valence-electron chi connectivity index (χ3n) is 6.04. The summed E-state index contributed by atoms with van der Waals surface area (Å²) in [5.41, 5.74) is 0.954. The third kappa shape index (κ3) is 4.45. The molecule has 4 nitrogen and oxygen atoms in total. The van der Waals surface area contributed by atoms with Crippen LogP contribution in [0.1, 0.15) is 61.0 Å². The molecule has 0 amide bonds. The van der Waals surface area contributed by atoms with Crippen molar-refractivity contribution in [3.8, 4) is 5.75 Å². The first-order valence-electron chi connectivity index (χ1n) is 10.6. The van der Waals surface area contributed by atoms with Gasteiger partial charge in [-0.2, -0.15) is 18.3 Å². The van der Waals surface area contributed by atoms with E-state index >= 15 is 0 Å². The van der Waals surface area contributed by atoms with E-state index in [4.69, 9.17) is 4.74 Å². The minimum Gasteiger partial charge on any atom is -0.490 e. The summed E-state index contributed by atoms with van der Waals surface area (Å²) in [5, 5.41) is 13.6. The molecule has 0 saturated heterocycles. The van der Waals surface area contributed by atoms with Crippen LogP contribution >= 0.6 is 0 Å². The number of nitrogens with zero attached hydrogens (tertiary/aromatic N) is 2. The number of fused-ring (bicyclic) bond motifs is 1. The summed E-state index contributed by atoms with van der Waals surface area (Å²) in [6.07, 6.45) is 0.331. The van der Waals surface area contributed by atoms with E-state index < -0.39 is 11.7 Å². The molecule has 31 heavy (non-hydrogen) atoms. The highest BCUT2D eigenvalue weighted by molar-refractivity contribution is 5.94. The van der Waals surface area contributed by atoms with Gasteiger partial charge < -0.3 is 10.1 Å². The standard InChI is InChI=1S/C24H26F3N3O/c1-14-19(9-6-10-22(14)24(25,26)27)15(2)28-23-21-13-18(31-17-7-4-5-8-17)11-12-20(21)16(3)29-30-23/h6,9-13,15,17H,4-5,7-8H2,1-3H3,(H,28,30)/t15-/m1/s1. The molecule has 1 aliphatic carbocycles. The Balaban J connectivity index is 1.67. The Bertz CT molecular complexity index is 1090. The number of anilines is 1. The zero-order valence-electron chi connectivity index (χ0n) is 17.9. The molecule has 1 aromatic heterocycles. The number of halogens is 3. The predicted molar refractivity (Wildman–Crippen MR) is 115 cm³/mol. The second-order valence-corrected chi connectivity index (χ2v) is 8.25. The van der Waals surface area contributed by atoms with Gasteiger partial charge in [0.1, 0.15) is 5.75 Å². The van der Waals surface area contributed by atoms with Crippen LogP contribution in [-0.4, -0.2) is 16.3 Å². The van der Waals surface area contributed by atoms with Crippen LogP contribution in [0.5, 0.6) is 5.75 Å². The van der Waals surface area contributed by atoms with Crippen molar-refractivity contribution in [1.29, 1.82) is 0 Å². The zero-order valence-corrected chi connectivity index (χ0v) is 17.9. The summed E-state index contributed by atoms with van der Waals surface area (Å²) in [6, 6.07) is 9.73. The lowest BCUT2D eigenvalue weighted by Gasteiger charge is -2.21. The summed E-state index contributed by atoms with van der Waals surface area (Å²) in [7, 11) is 0. The van der Waals surface area contributed by atoms with Gasteiger partial charge in [0.2, 0.25) is 0 Å². The Hall–Kier alpha value is -2.83. The van der Waals surface area contributed by atoms with E-state index in [1.165, 1.54) is 25.8 Å². The van der Waals surface area contributed by atoms with E-state index in [9.17, 15) is 13.2 Å². The molecule has 0 unspecified atom stereocenters. The molecule has 4 rings (SSSR count). The van der Waals surface area contributed by atoms with Crippen molar-refractivity contribution in [3.05, 3.63) is 58.8 Å². The Morgan fingerprint density at radius 1 is 1.03 bits per heavy atom. The number of nitrogens with one attached hydrogen (secondary N) is 1. The number of ether oxygens (including phenoxy) is 1. The highest BCUT2D eigenvalue weighted by Gasteiger charge is 2.33. The number of aromatic nitrogens is 2. The highest BCUT2D eigenvalue weighted by atomic mass is 19.4. The maximum Gasteiger partial charge on any atom is 0.416 e. The van der Waals surface area contributed by atoms with Crippen molar-refractivity contribution in [3.63, 3.8) is 0 Å². The first-order valence-corrected chi connectivity index (χ1v) is 10.6. The van der Waals surface area contributed by atoms with Gasteiger partial charge in [-0.1, -0.05) is 12.1 Å². The molecule has 1 fully saturated rings. The van der Waals surface area contributed by atoms with Gasteiger partial charge in [0.05, 0.1) is 23.4 Å². The van der Waals surface area contributed by atoms with E-state index in [2.05, 4.69) is 15.5 Å². The van der Waals surface area contributed by atoms with Gasteiger partial charge in [-0.25, -0.2) is 0 Å². The topological polar surface area (TPSA) is 47.0 Å². The lowest BCUT2D eigenvalue weighted by molar-refractivity contribution is -0.138. The average Bonchev–Trinajstić information content (AvgIpc) is 3.22. The van der Waals surface area contributed by atoms with Gasteiger partial charge in [0.15, 0.2) is 5.82 Å². The predicted octanol–water partition coefficient (Wildman–Crippen LogP) is 6.76. The molecule has 1 heterocycles. The number of hydrogen-bond donors (Lipinski definition) is 1. The fraction of sp³-hybridized carbons (Fsp3) is 0.417. The Kier molecular flexibility index (Phi) is 5.77. The van der Waals surface area contributed by atoms with E-state index in [1.54, 1.807) is 6.07 Å². The molecule has 164 valence electrons. The number of hydrogen-bond acceptors (Lipinski definition) is 4. The molecule has 2 aromatic carbocycles. The van der Waals surface area contributed by atoms with Crippen molar-refractivity contribution < 1.29 is 17.9 Å². The molecule has 1 atom stereocenters. The monoisotopic (exact) mass is 429 g/mol. The highest BCUT2D eigenvalue weighted by Crippen LogP contribution is 2.36. The molecule has 3 aromatic rings. The summed E-state index contributed by atoms with van der Waals surface area (Å²) in [5.74, 6) is 1.31. The lowest BCUT2D eigenvalue weighted by Crippen LogP contribution is -2.15. The first kappa shape index (κ1) is 21.4. The second-order valence-electron chi connectivity index (χ2n) is 8.25. The maximum atomic E-state index is 13.3. The fourth-order valence-electron chi connectivity index (χ4n) is 4.36. The molecule has 1 saturated carbocycles. The van der Waals surface area contributed by atoms with Gasteiger partial charge >= 0.3 is 6.18 Å². The van der Waals surface area contributed by atoms with Gasteiger partial charge in [-0.3, -0.25) is 0 Å². The van der Waals surface area contributed by atoms with Crippen LogP contribution < -0.4 is 10.1 Å². The molecule has 1 N–H and O–H groups in total. The zero-order chi connectivity index (χ0) is 22.2. The van der Waals surface area contributed by atoms with Crippen molar-refractivity contribution in [1.82, 2.24) is 10.2 Å². The number of benzene rings is 2. The van der Waals surface area contributed by atoms with Gasteiger partial charge in [-0.15, -0.1) is 5.10 Å². The molecule has 0 bridgehead atoms. The number of rotatable bonds is 5. The fourth-order valence-corrected chi connectivity index (χ4v) is 4.36. The molecule has 1 aliphatic rings. The molecule has 0 aliphatic heterocycles. The largest absolute Gasteiger partial charge is 0.490 e. The van der Waals surface area contributed by atoms with Crippen molar-refractivity contribution in [2.24, 2.45) is 0 Å². The van der Waals surface area contributed by atoms with Gasteiger partial charge in [0.25, 0.3) is 0 Å². The van der Waals surface area contributed by atoms with E-state index in [1.807, 2.05) is 32.0 Å².